The number of hydrogen-bond donors (Lipinski definition) is 1. The van der Waals surface area contributed by atoms with Crippen molar-refractivity contribution in [3.63, 3.8) is 0 Å². The summed E-state index contributed by atoms with van der Waals surface area (Å²) in [5, 5.41) is 0. The molecule has 0 aromatic heterocycles. The quantitative estimate of drug-likeness (QED) is 0.751. The van der Waals surface area contributed by atoms with E-state index in [4.69, 9.17) is 0 Å². The van der Waals surface area contributed by atoms with Gasteiger partial charge in [0.15, 0.2) is 0 Å². The van der Waals surface area contributed by atoms with Crippen LogP contribution in [0.4, 0.5) is 0 Å². The molecule has 1 fully saturated rings. The van der Waals surface area contributed by atoms with Crippen molar-refractivity contribution in [1.82, 2.24) is 9.62 Å². The van der Waals surface area contributed by atoms with E-state index < -0.39 is 10.0 Å². The highest BCUT2D eigenvalue weighted by Gasteiger charge is 2.28. The van der Waals surface area contributed by atoms with Crippen molar-refractivity contribution < 1.29 is 8.42 Å². The van der Waals surface area contributed by atoms with E-state index in [1.165, 1.54) is 18.2 Å². The van der Waals surface area contributed by atoms with Crippen LogP contribution in [0.2, 0.25) is 0 Å². The van der Waals surface area contributed by atoms with E-state index >= 15 is 0 Å². The molecule has 0 spiro atoms. The van der Waals surface area contributed by atoms with Crippen LogP contribution in [0.15, 0.2) is 60.7 Å². The average molecular weight is 387 g/mol. The van der Waals surface area contributed by atoms with Gasteiger partial charge < -0.3 is 0 Å². The molecule has 146 valence electrons. The van der Waals surface area contributed by atoms with Crippen molar-refractivity contribution in [3.05, 3.63) is 71.8 Å². The summed E-state index contributed by atoms with van der Waals surface area (Å²) in [5.41, 5.74) is 2.65. The number of benzene rings is 2. The molecule has 4 nitrogen and oxygen atoms in total. The first kappa shape index (κ1) is 20.1. The number of nitrogens with one attached hydrogen (secondary N) is 1. The van der Waals surface area contributed by atoms with Crippen molar-refractivity contribution in [2.24, 2.45) is 5.92 Å². The molecule has 0 amide bonds. The maximum Gasteiger partial charge on any atom is 0.211 e. The molecule has 5 heteroatoms. The number of hydrogen-bond acceptors (Lipinski definition) is 3. The lowest BCUT2D eigenvalue weighted by atomic mass is 9.86. The van der Waals surface area contributed by atoms with E-state index in [-0.39, 0.29) is 11.7 Å². The van der Waals surface area contributed by atoms with Gasteiger partial charge in [-0.25, -0.2) is 13.1 Å². The standard InChI is InChI=1S/C22H30N2O2S/c1-23-27(25,26)18-21-12-14-22(15-13-21)24(16-19-8-4-2-5-9-19)17-20-10-6-3-7-11-20/h2-11,21-23H,12-18H2,1H3. The Hall–Kier alpha value is -1.69. The predicted molar refractivity (Wildman–Crippen MR) is 111 cm³/mol. The summed E-state index contributed by atoms with van der Waals surface area (Å²) in [6.07, 6.45) is 4.07. The Morgan fingerprint density at radius 3 is 1.78 bits per heavy atom. The second-order valence-corrected chi connectivity index (χ2v) is 9.51. The monoisotopic (exact) mass is 386 g/mol. The van der Waals surface area contributed by atoms with Crippen molar-refractivity contribution in [2.75, 3.05) is 12.8 Å². The molecule has 1 aliphatic carbocycles. The average Bonchev–Trinajstić information content (AvgIpc) is 2.69. The van der Waals surface area contributed by atoms with Crippen LogP contribution >= 0.6 is 0 Å². The van der Waals surface area contributed by atoms with Gasteiger partial charge in [-0.15, -0.1) is 0 Å². The molecule has 0 unspecified atom stereocenters. The van der Waals surface area contributed by atoms with Gasteiger partial charge >= 0.3 is 0 Å². The van der Waals surface area contributed by atoms with Gasteiger partial charge in [0.2, 0.25) is 10.0 Å². The number of nitrogens with zero attached hydrogens (tertiary/aromatic N) is 1. The number of sulfonamides is 1. The third-order valence-corrected chi connectivity index (χ3v) is 7.09. The fourth-order valence-electron chi connectivity index (χ4n) is 4.02. The highest BCUT2D eigenvalue weighted by molar-refractivity contribution is 7.89. The predicted octanol–water partition coefficient (Wildman–Crippen LogP) is 3.80. The molecule has 1 saturated carbocycles. The summed E-state index contributed by atoms with van der Waals surface area (Å²) in [6, 6.07) is 21.7. The molecule has 1 N–H and O–H groups in total. The Morgan fingerprint density at radius 1 is 0.852 bits per heavy atom. The topological polar surface area (TPSA) is 49.4 Å². The van der Waals surface area contributed by atoms with E-state index in [2.05, 4.69) is 70.3 Å². The summed E-state index contributed by atoms with van der Waals surface area (Å²) in [7, 11) is -1.62. The van der Waals surface area contributed by atoms with Crippen molar-refractivity contribution in [2.45, 2.75) is 44.8 Å². The Morgan fingerprint density at radius 2 is 1.33 bits per heavy atom. The van der Waals surface area contributed by atoms with Gasteiger partial charge in [0.25, 0.3) is 0 Å². The summed E-state index contributed by atoms with van der Waals surface area (Å²) >= 11 is 0. The maximum absolute atomic E-state index is 11.8. The maximum atomic E-state index is 11.8. The van der Waals surface area contributed by atoms with E-state index in [9.17, 15) is 8.42 Å². The molecule has 0 radical (unpaired) electrons. The van der Waals surface area contributed by atoms with Crippen LogP contribution in [0.3, 0.4) is 0 Å². The van der Waals surface area contributed by atoms with Crippen molar-refractivity contribution in [3.8, 4) is 0 Å². The second kappa shape index (κ2) is 9.49. The lowest BCUT2D eigenvalue weighted by molar-refractivity contribution is 0.125. The van der Waals surface area contributed by atoms with Gasteiger partial charge in [-0.05, 0) is 49.8 Å². The highest BCUT2D eigenvalue weighted by atomic mass is 32.2. The first-order valence-electron chi connectivity index (χ1n) is 9.79. The molecule has 1 aliphatic rings. The normalized spacial score (nSPS) is 20.7. The Bertz CT molecular complexity index is 744. The van der Waals surface area contributed by atoms with E-state index in [1.807, 2.05) is 0 Å². The summed E-state index contributed by atoms with van der Waals surface area (Å²) in [4.78, 5) is 2.56. The molecule has 0 aliphatic heterocycles. The minimum absolute atomic E-state index is 0.258. The van der Waals surface area contributed by atoms with E-state index in [0.29, 0.717) is 6.04 Å². The first-order chi connectivity index (χ1) is 13.1. The smallest absolute Gasteiger partial charge is 0.211 e. The number of rotatable bonds is 8. The zero-order valence-corrected chi connectivity index (χ0v) is 16.9. The van der Waals surface area contributed by atoms with E-state index in [1.54, 1.807) is 0 Å². The first-order valence-corrected chi connectivity index (χ1v) is 11.4. The summed E-state index contributed by atoms with van der Waals surface area (Å²) in [6.45, 7) is 1.86. The zero-order valence-electron chi connectivity index (χ0n) is 16.0. The largest absolute Gasteiger partial charge is 0.292 e. The van der Waals surface area contributed by atoms with Crippen LogP contribution < -0.4 is 4.72 Å². The molecular formula is C22H30N2O2S. The minimum Gasteiger partial charge on any atom is -0.292 e. The Balaban J connectivity index is 1.66. The van der Waals surface area contributed by atoms with Gasteiger partial charge in [-0.2, -0.15) is 0 Å². The van der Waals surface area contributed by atoms with Gasteiger partial charge in [0, 0.05) is 19.1 Å². The lowest BCUT2D eigenvalue weighted by Crippen LogP contribution is -2.39. The van der Waals surface area contributed by atoms with Gasteiger partial charge in [0.05, 0.1) is 5.75 Å². The summed E-state index contributed by atoms with van der Waals surface area (Å²) in [5.74, 6) is 0.530. The van der Waals surface area contributed by atoms with Crippen LogP contribution in [-0.2, 0) is 23.1 Å². The van der Waals surface area contributed by atoms with Crippen molar-refractivity contribution in [1.29, 1.82) is 0 Å². The minimum atomic E-state index is -3.12. The SMILES string of the molecule is CNS(=O)(=O)CC1CCC(N(Cc2ccccc2)Cc2ccccc2)CC1. The molecule has 27 heavy (non-hydrogen) atoms. The molecule has 0 heterocycles. The Labute approximate surface area is 163 Å². The van der Waals surface area contributed by atoms with Gasteiger partial charge in [0.1, 0.15) is 0 Å². The third-order valence-electron chi connectivity index (χ3n) is 5.56. The van der Waals surface area contributed by atoms with Crippen LogP contribution in [0.25, 0.3) is 0 Å². The van der Waals surface area contributed by atoms with Gasteiger partial charge in [-0.3, -0.25) is 4.90 Å². The summed E-state index contributed by atoms with van der Waals surface area (Å²) < 4.78 is 26.1. The highest BCUT2D eigenvalue weighted by Crippen LogP contribution is 2.30. The fourth-order valence-corrected chi connectivity index (χ4v) is 5.14. The Kier molecular flexibility index (Phi) is 7.05. The molecule has 3 rings (SSSR count). The van der Waals surface area contributed by atoms with Crippen molar-refractivity contribution >= 4 is 10.0 Å². The second-order valence-electron chi connectivity index (χ2n) is 7.54. The zero-order chi connectivity index (χ0) is 19.1. The third kappa shape index (κ3) is 6.16. The lowest BCUT2D eigenvalue weighted by Gasteiger charge is -2.37. The molecule has 0 bridgehead atoms. The molecule has 0 saturated heterocycles. The van der Waals surface area contributed by atoms with Crippen LogP contribution in [0.1, 0.15) is 36.8 Å². The molecule has 2 aromatic rings. The molecule has 2 aromatic carbocycles. The van der Waals surface area contributed by atoms with Crippen LogP contribution in [-0.4, -0.2) is 32.2 Å². The molecule has 0 atom stereocenters. The van der Waals surface area contributed by atoms with Gasteiger partial charge in [-0.1, -0.05) is 60.7 Å². The van der Waals surface area contributed by atoms with Crippen LogP contribution in [0.5, 0.6) is 0 Å². The van der Waals surface area contributed by atoms with Crippen LogP contribution in [0, 0.1) is 5.92 Å². The fraction of sp³-hybridized carbons (Fsp3) is 0.455. The molecular weight excluding hydrogens is 356 g/mol. The van der Waals surface area contributed by atoms with E-state index in [0.717, 1.165) is 38.8 Å².